The highest BCUT2D eigenvalue weighted by Crippen LogP contribution is 2.30. The van der Waals surface area contributed by atoms with Crippen molar-refractivity contribution in [3.05, 3.63) is 59.3 Å². The minimum atomic E-state index is -0.495. The van der Waals surface area contributed by atoms with Gasteiger partial charge in [0.1, 0.15) is 11.4 Å². The van der Waals surface area contributed by atoms with E-state index in [0.717, 1.165) is 22.2 Å². The van der Waals surface area contributed by atoms with Crippen LogP contribution >= 0.6 is 0 Å². The second-order valence-corrected chi connectivity index (χ2v) is 6.32. The van der Waals surface area contributed by atoms with E-state index < -0.39 is 5.97 Å². The third-order valence-corrected chi connectivity index (χ3v) is 4.71. The van der Waals surface area contributed by atoms with Crippen LogP contribution in [0.15, 0.2) is 42.5 Å². The Kier molecular flexibility index (Phi) is 5.68. The van der Waals surface area contributed by atoms with Crippen molar-refractivity contribution in [3.8, 4) is 5.75 Å². The average molecular weight is 380 g/mol. The number of aromatic nitrogens is 1. The van der Waals surface area contributed by atoms with E-state index in [0.29, 0.717) is 30.1 Å². The summed E-state index contributed by atoms with van der Waals surface area (Å²) in [7, 11) is 1.32. The summed E-state index contributed by atoms with van der Waals surface area (Å²) < 4.78 is 12.4. The lowest BCUT2D eigenvalue weighted by molar-refractivity contribution is 0.0602. The second-order valence-electron chi connectivity index (χ2n) is 6.32. The number of rotatable bonds is 6. The van der Waals surface area contributed by atoms with Gasteiger partial charge in [-0.3, -0.25) is 4.79 Å². The molecule has 0 saturated heterocycles. The lowest BCUT2D eigenvalue weighted by Gasteiger charge is -2.12. The van der Waals surface area contributed by atoms with Crippen LogP contribution in [-0.4, -0.2) is 30.2 Å². The zero-order valence-electron chi connectivity index (χ0n) is 16.5. The van der Waals surface area contributed by atoms with Crippen LogP contribution in [0.5, 0.6) is 5.75 Å². The van der Waals surface area contributed by atoms with E-state index >= 15 is 0 Å². The molecule has 146 valence electrons. The van der Waals surface area contributed by atoms with Gasteiger partial charge >= 0.3 is 5.97 Å². The third-order valence-electron chi connectivity index (χ3n) is 4.71. The number of esters is 1. The standard InChI is InChI=1S/C22H24N2O4/c1-5-24-19-12-11-15(28-6-2)13-17(19)14(3)20(24)21(25)23-18-10-8-7-9-16(18)22(26)27-4/h7-13H,5-6H2,1-4H3,(H,23,25). The van der Waals surface area contributed by atoms with Gasteiger partial charge in [0.05, 0.1) is 25.0 Å². The molecule has 28 heavy (non-hydrogen) atoms. The molecule has 1 aromatic heterocycles. The summed E-state index contributed by atoms with van der Waals surface area (Å²) in [4.78, 5) is 25.1. The van der Waals surface area contributed by atoms with Crippen molar-refractivity contribution < 1.29 is 19.1 Å². The van der Waals surface area contributed by atoms with Gasteiger partial charge in [0.2, 0.25) is 0 Å². The lowest BCUT2D eigenvalue weighted by Crippen LogP contribution is -2.19. The summed E-state index contributed by atoms with van der Waals surface area (Å²) in [6.07, 6.45) is 0. The van der Waals surface area contributed by atoms with Crippen LogP contribution in [0, 0.1) is 6.92 Å². The van der Waals surface area contributed by atoms with Crippen molar-refractivity contribution in [1.82, 2.24) is 4.57 Å². The fourth-order valence-electron chi connectivity index (χ4n) is 3.44. The number of para-hydroxylation sites is 1. The van der Waals surface area contributed by atoms with E-state index in [-0.39, 0.29) is 5.91 Å². The number of methoxy groups -OCH3 is 1. The molecule has 0 unspecified atom stereocenters. The zero-order valence-corrected chi connectivity index (χ0v) is 16.5. The molecule has 0 spiro atoms. The minimum Gasteiger partial charge on any atom is -0.494 e. The van der Waals surface area contributed by atoms with Crippen LogP contribution in [-0.2, 0) is 11.3 Å². The molecule has 0 aliphatic carbocycles. The Labute approximate surface area is 164 Å². The van der Waals surface area contributed by atoms with E-state index in [4.69, 9.17) is 9.47 Å². The highest BCUT2D eigenvalue weighted by atomic mass is 16.5. The van der Waals surface area contributed by atoms with E-state index in [1.165, 1.54) is 7.11 Å². The van der Waals surface area contributed by atoms with E-state index in [1.807, 2.05) is 43.5 Å². The highest BCUT2D eigenvalue weighted by Gasteiger charge is 2.22. The number of anilines is 1. The number of ether oxygens (including phenoxy) is 2. The minimum absolute atomic E-state index is 0.273. The smallest absolute Gasteiger partial charge is 0.339 e. The molecule has 0 saturated carbocycles. The molecule has 0 aliphatic heterocycles. The number of amides is 1. The van der Waals surface area contributed by atoms with Crippen molar-refractivity contribution >= 4 is 28.5 Å². The van der Waals surface area contributed by atoms with Gasteiger partial charge in [-0.25, -0.2) is 4.79 Å². The Balaban J connectivity index is 2.05. The molecular weight excluding hydrogens is 356 g/mol. The fraction of sp³-hybridized carbons (Fsp3) is 0.273. The summed E-state index contributed by atoms with van der Waals surface area (Å²) in [5, 5.41) is 3.84. The molecule has 1 heterocycles. The molecule has 3 aromatic rings. The van der Waals surface area contributed by atoms with E-state index in [9.17, 15) is 9.59 Å². The van der Waals surface area contributed by atoms with Crippen LogP contribution in [0.3, 0.4) is 0 Å². The SMILES string of the molecule is CCOc1ccc2c(c1)c(C)c(C(=O)Nc1ccccc1C(=O)OC)n2CC. The van der Waals surface area contributed by atoms with Crippen LogP contribution in [0.4, 0.5) is 5.69 Å². The van der Waals surface area contributed by atoms with Crippen LogP contribution in [0.25, 0.3) is 10.9 Å². The Morgan fingerprint density at radius 1 is 1.11 bits per heavy atom. The van der Waals surface area contributed by atoms with Crippen molar-refractivity contribution in [2.24, 2.45) is 0 Å². The number of fused-ring (bicyclic) bond motifs is 1. The Hall–Kier alpha value is -3.28. The first-order valence-corrected chi connectivity index (χ1v) is 9.26. The Morgan fingerprint density at radius 3 is 2.54 bits per heavy atom. The number of hydrogen-bond acceptors (Lipinski definition) is 4. The molecule has 0 aliphatic rings. The zero-order chi connectivity index (χ0) is 20.3. The average Bonchev–Trinajstić information content (AvgIpc) is 2.99. The van der Waals surface area contributed by atoms with Gasteiger partial charge in [-0.15, -0.1) is 0 Å². The van der Waals surface area contributed by atoms with Gasteiger partial charge in [0, 0.05) is 17.4 Å². The molecule has 6 nitrogen and oxygen atoms in total. The summed E-state index contributed by atoms with van der Waals surface area (Å²) in [5.41, 5.74) is 3.13. The van der Waals surface area contributed by atoms with Gasteiger partial charge in [-0.05, 0) is 56.7 Å². The Bertz CT molecular complexity index is 1040. The first-order chi connectivity index (χ1) is 13.5. The number of aryl methyl sites for hydroxylation is 2. The normalized spacial score (nSPS) is 10.7. The van der Waals surface area contributed by atoms with Crippen LogP contribution in [0.2, 0.25) is 0 Å². The maximum atomic E-state index is 13.1. The monoisotopic (exact) mass is 380 g/mol. The van der Waals surface area contributed by atoms with Crippen molar-refractivity contribution in [2.75, 3.05) is 19.0 Å². The molecule has 0 bridgehead atoms. The molecular formula is C22H24N2O4. The predicted octanol–water partition coefficient (Wildman–Crippen LogP) is 4.41. The first kappa shape index (κ1) is 19.5. The largest absolute Gasteiger partial charge is 0.494 e. The number of nitrogens with one attached hydrogen (secondary N) is 1. The van der Waals surface area contributed by atoms with Crippen molar-refractivity contribution in [3.63, 3.8) is 0 Å². The maximum absolute atomic E-state index is 13.1. The number of carbonyl (C=O) groups excluding carboxylic acids is 2. The fourth-order valence-corrected chi connectivity index (χ4v) is 3.44. The van der Waals surface area contributed by atoms with Gasteiger partial charge < -0.3 is 19.4 Å². The maximum Gasteiger partial charge on any atom is 0.339 e. The van der Waals surface area contributed by atoms with Crippen LogP contribution < -0.4 is 10.1 Å². The number of nitrogens with zero attached hydrogens (tertiary/aromatic N) is 1. The summed E-state index contributed by atoms with van der Waals surface area (Å²) >= 11 is 0. The quantitative estimate of drug-likeness (QED) is 0.643. The van der Waals surface area contributed by atoms with Gasteiger partial charge in [0.15, 0.2) is 0 Å². The number of benzene rings is 2. The second kappa shape index (κ2) is 8.17. The number of carbonyl (C=O) groups is 2. The molecule has 0 radical (unpaired) electrons. The molecule has 1 N–H and O–H groups in total. The lowest BCUT2D eigenvalue weighted by atomic mass is 10.1. The number of hydrogen-bond donors (Lipinski definition) is 1. The van der Waals surface area contributed by atoms with E-state index in [1.54, 1.807) is 24.3 Å². The highest BCUT2D eigenvalue weighted by molar-refractivity contribution is 6.10. The molecule has 6 heteroatoms. The summed E-state index contributed by atoms with van der Waals surface area (Å²) in [6, 6.07) is 12.6. The van der Waals surface area contributed by atoms with E-state index in [2.05, 4.69) is 5.32 Å². The first-order valence-electron chi connectivity index (χ1n) is 9.26. The predicted molar refractivity (Wildman–Crippen MR) is 109 cm³/mol. The summed E-state index contributed by atoms with van der Waals surface area (Å²) in [6.45, 7) is 7.07. The van der Waals surface area contributed by atoms with Gasteiger partial charge in [0.25, 0.3) is 5.91 Å². The molecule has 0 atom stereocenters. The van der Waals surface area contributed by atoms with Crippen LogP contribution in [0.1, 0.15) is 40.3 Å². The Morgan fingerprint density at radius 2 is 1.86 bits per heavy atom. The van der Waals surface area contributed by atoms with Gasteiger partial charge in [-0.2, -0.15) is 0 Å². The molecule has 2 aromatic carbocycles. The molecule has 1 amide bonds. The topological polar surface area (TPSA) is 69.6 Å². The summed E-state index contributed by atoms with van der Waals surface area (Å²) in [5.74, 6) is 0.00391. The molecule has 0 fully saturated rings. The van der Waals surface area contributed by atoms with Crippen molar-refractivity contribution in [1.29, 1.82) is 0 Å². The third kappa shape index (κ3) is 3.45. The van der Waals surface area contributed by atoms with Gasteiger partial charge in [-0.1, -0.05) is 12.1 Å². The molecule has 3 rings (SSSR count). The van der Waals surface area contributed by atoms with Crippen molar-refractivity contribution in [2.45, 2.75) is 27.3 Å².